The molecule has 0 aliphatic carbocycles. The Labute approximate surface area is 122 Å². The normalized spacial score (nSPS) is 13.8. The van der Waals surface area contributed by atoms with Gasteiger partial charge in [-0.3, -0.25) is 0 Å². The fourth-order valence-electron chi connectivity index (χ4n) is 2.03. The van der Waals surface area contributed by atoms with Gasteiger partial charge >= 0.3 is 0 Å². The fourth-order valence-corrected chi connectivity index (χ4v) is 2.94. The van der Waals surface area contributed by atoms with Crippen LogP contribution in [0, 0.1) is 5.82 Å². The van der Waals surface area contributed by atoms with E-state index < -0.39 is 9.84 Å². The Bertz CT molecular complexity index is 725. The first-order chi connectivity index (χ1) is 9.34. The first-order valence-electron chi connectivity index (χ1n) is 6.34. The first kappa shape index (κ1) is 15.3. The number of halogens is 2. The molecular formula is C13H16ClFN2O2S. The maximum atomic E-state index is 13.4. The van der Waals surface area contributed by atoms with Gasteiger partial charge in [0.15, 0.2) is 9.84 Å². The number of hydrogen-bond acceptors (Lipinski definition) is 3. The maximum Gasteiger partial charge on any atom is 0.151 e. The quantitative estimate of drug-likeness (QED) is 0.796. The van der Waals surface area contributed by atoms with Crippen LogP contribution in [0.5, 0.6) is 0 Å². The van der Waals surface area contributed by atoms with Gasteiger partial charge in [-0.15, -0.1) is 11.6 Å². The molecule has 7 heteroatoms. The minimum absolute atomic E-state index is 0.0118. The van der Waals surface area contributed by atoms with Gasteiger partial charge in [-0.05, 0) is 25.1 Å². The number of aryl methyl sites for hydroxylation is 1. The molecule has 110 valence electrons. The van der Waals surface area contributed by atoms with Crippen LogP contribution in [-0.2, 0) is 16.4 Å². The summed E-state index contributed by atoms with van der Waals surface area (Å²) < 4.78 is 38.3. The molecule has 0 fully saturated rings. The molecule has 0 aliphatic rings. The first-order valence-corrected chi connectivity index (χ1v) is 8.60. The minimum Gasteiger partial charge on any atom is -0.326 e. The lowest BCUT2D eigenvalue weighted by atomic mass is 10.3. The summed E-state index contributed by atoms with van der Waals surface area (Å²) in [6.45, 7) is 3.58. The Kier molecular flexibility index (Phi) is 4.34. The maximum absolute atomic E-state index is 13.4. The van der Waals surface area contributed by atoms with Crippen LogP contribution in [0.25, 0.3) is 11.0 Å². The molecule has 0 amide bonds. The van der Waals surface area contributed by atoms with Gasteiger partial charge in [0.05, 0.1) is 22.2 Å². The molecule has 1 atom stereocenters. The molecule has 20 heavy (non-hydrogen) atoms. The second-order valence-electron chi connectivity index (χ2n) is 4.61. The lowest BCUT2D eigenvalue weighted by Crippen LogP contribution is -2.16. The van der Waals surface area contributed by atoms with Crippen molar-refractivity contribution in [3.05, 3.63) is 29.8 Å². The van der Waals surface area contributed by atoms with Crippen LogP contribution in [0.3, 0.4) is 0 Å². The van der Waals surface area contributed by atoms with Crippen LogP contribution in [0.2, 0.25) is 0 Å². The van der Waals surface area contributed by atoms with Gasteiger partial charge in [0.1, 0.15) is 11.6 Å². The van der Waals surface area contributed by atoms with Gasteiger partial charge in [-0.2, -0.15) is 0 Å². The molecule has 2 rings (SSSR count). The molecule has 0 radical (unpaired) electrons. The molecule has 1 aromatic carbocycles. The van der Waals surface area contributed by atoms with E-state index in [0.29, 0.717) is 16.9 Å². The summed E-state index contributed by atoms with van der Waals surface area (Å²) in [7, 11) is -3.10. The molecular weight excluding hydrogens is 303 g/mol. The van der Waals surface area contributed by atoms with Crippen LogP contribution in [0.15, 0.2) is 18.2 Å². The molecule has 1 aromatic heterocycles. The van der Waals surface area contributed by atoms with E-state index in [1.807, 2.05) is 0 Å². The van der Waals surface area contributed by atoms with E-state index in [2.05, 4.69) is 4.98 Å². The molecule has 2 aromatic rings. The van der Waals surface area contributed by atoms with Crippen molar-refractivity contribution in [1.82, 2.24) is 9.55 Å². The minimum atomic E-state index is -3.10. The highest BCUT2D eigenvalue weighted by molar-refractivity contribution is 7.91. The van der Waals surface area contributed by atoms with Crippen molar-refractivity contribution in [3.63, 3.8) is 0 Å². The van der Waals surface area contributed by atoms with E-state index in [4.69, 9.17) is 11.6 Å². The summed E-state index contributed by atoms with van der Waals surface area (Å²) in [4.78, 5) is 4.35. The predicted octanol–water partition coefficient (Wildman–Crippen LogP) is 2.91. The molecule has 0 aliphatic heterocycles. The molecule has 0 saturated heterocycles. The van der Waals surface area contributed by atoms with E-state index in [1.165, 1.54) is 12.1 Å². The molecule has 0 saturated carbocycles. The number of aromatic nitrogens is 2. The van der Waals surface area contributed by atoms with Crippen molar-refractivity contribution in [3.8, 4) is 0 Å². The van der Waals surface area contributed by atoms with Crippen molar-refractivity contribution < 1.29 is 12.8 Å². The predicted molar refractivity (Wildman–Crippen MR) is 78.3 cm³/mol. The summed E-state index contributed by atoms with van der Waals surface area (Å²) in [6, 6.07) is 4.24. The van der Waals surface area contributed by atoms with Gasteiger partial charge in [-0.1, -0.05) is 6.92 Å². The zero-order valence-corrected chi connectivity index (χ0v) is 12.9. The van der Waals surface area contributed by atoms with Crippen LogP contribution in [0.1, 0.15) is 25.0 Å². The summed E-state index contributed by atoms with van der Waals surface area (Å²) in [5, 5.41) is -0.380. The van der Waals surface area contributed by atoms with Gasteiger partial charge < -0.3 is 4.57 Å². The third-order valence-corrected chi connectivity index (χ3v) is 5.04. The van der Waals surface area contributed by atoms with Crippen molar-refractivity contribution in [2.24, 2.45) is 0 Å². The Morgan fingerprint density at radius 1 is 1.45 bits per heavy atom. The van der Waals surface area contributed by atoms with E-state index in [9.17, 15) is 12.8 Å². The summed E-state index contributed by atoms with van der Waals surface area (Å²) in [5.41, 5.74) is 1.18. The third-order valence-electron chi connectivity index (χ3n) is 3.16. The highest BCUT2D eigenvalue weighted by atomic mass is 35.5. The number of hydrogen-bond donors (Lipinski definition) is 0. The van der Waals surface area contributed by atoms with Crippen LogP contribution in [0.4, 0.5) is 4.39 Å². The largest absolute Gasteiger partial charge is 0.326 e. The number of fused-ring (bicyclic) bond motifs is 1. The standard InChI is InChI=1S/C13H16ClFN2O2S/c1-3-20(18,19)7-6-17-12-8-10(15)4-5-11(12)16-13(17)9(2)14/h4-5,8-9H,3,6-7H2,1-2H3. The second kappa shape index (κ2) is 5.69. The van der Waals surface area contributed by atoms with Gasteiger partial charge in [0.2, 0.25) is 0 Å². The van der Waals surface area contributed by atoms with E-state index in [-0.39, 0.29) is 29.2 Å². The van der Waals surface area contributed by atoms with Gasteiger partial charge in [0, 0.05) is 12.3 Å². The average Bonchev–Trinajstić information content (AvgIpc) is 2.74. The second-order valence-corrected chi connectivity index (χ2v) is 7.73. The van der Waals surface area contributed by atoms with Crippen molar-refractivity contribution in [2.75, 3.05) is 11.5 Å². The van der Waals surface area contributed by atoms with E-state index in [0.717, 1.165) is 0 Å². The number of imidazole rings is 1. The number of sulfone groups is 1. The molecule has 0 spiro atoms. The summed E-state index contributed by atoms with van der Waals surface area (Å²) in [6.07, 6.45) is 0. The topological polar surface area (TPSA) is 52.0 Å². The Balaban J connectivity index is 2.48. The average molecular weight is 319 g/mol. The summed E-state index contributed by atoms with van der Waals surface area (Å²) in [5.74, 6) is 0.242. The number of nitrogens with zero attached hydrogens (tertiary/aromatic N) is 2. The van der Waals surface area contributed by atoms with Gasteiger partial charge in [-0.25, -0.2) is 17.8 Å². The number of alkyl halides is 1. The number of rotatable bonds is 5. The number of benzene rings is 1. The summed E-state index contributed by atoms with van der Waals surface area (Å²) >= 11 is 6.08. The van der Waals surface area contributed by atoms with Crippen LogP contribution >= 0.6 is 11.6 Å². The Hall–Kier alpha value is -1.14. The highest BCUT2D eigenvalue weighted by Crippen LogP contribution is 2.25. The monoisotopic (exact) mass is 318 g/mol. The lowest BCUT2D eigenvalue weighted by molar-refractivity contribution is 0.588. The van der Waals surface area contributed by atoms with E-state index in [1.54, 1.807) is 24.5 Å². The van der Waals surface area contributed by atoms with Crippen molar-refractivity contribution >= 4 is 32.5 Å². The SMILES string of the molecule is CCS(=O)(=O)CCn1c(C(C)Cl)nc2ccc(F)cc21. The Morgan fingerprint density at radius 3 is 2.75 bits per heavy atom. The van der Waals surface area contributed by atoms with Crippen molar-refractivity contribution in [1.29, 1.82) is 0 Å². The molecule has 0 N–H and O–H groups in total. The molecule has 1 heterocycles. The zero-order valence-electron chi connectivity index (χ0n) is 11.3. The Morgan fingerprint density at radius 2 is 2.15 bits per heavy atom. The van der Waals surface area contributed by atoms with Gasteiger partial charge in [0.25, 0.3) is 0 Å². The molecule has 0 bridgehead atoms. The smallest absolute Gasteiger partial charge is 0.151 e. The lowest BCUT2D eigenvalue weighted by Gasteiger charge is -2.10. The highest BCUT2D eigenvalue weighted by Gasteiger charge is 2.17. The van der Waals surface area contributed by atoms with E-state index >= 15 is 0 Å². The zero-order chi connectivity index (χ0) is 14.9. The van der Waals surface area contributed by atoms with Crippen LogP contribution in [-0.4, -0.2) is 29.5 Å². The van der Waals surface area contributed by atoms with Crippen LogP contribution < -0.4 is 0 Å². The third kappa shape index (κ3) is 3.12. The molecule has 4 nitrogen and oxygen atoms in total. The fraction of sp³-hybridized carbons (Fsp3) is 0.462. The molecule has 1 unspecified atom stereocenters. The van der Waals surface area contributed by atoms with Crippen molar-refractivity contribution in [2.45, 2.75) is 25.8 Å².